The van der Waals surface area contributed by atoms with Crippen molar-refractivity contribution in [2.75, 3.05) is 51.2 Å². The van der Waals surface area contributed by atoms with Crippen LogP contribution in [0.15, 0.2) is 54.6 Å². The Bertz CT molecular complexity index is 807. The Morgan fingerprint density at radius 2 is 1.72 bits per heavy atom. The summed E-state index contributed by atoms with van der Waals surface area (Å²) in [5.74, 6) is 0.105. The van der Waals surface area contributed by atoms with Crippen LogP contribution in [-0.4, -0.2) is 67.1 Å². The van der Waals surface area contributed by atoms with Crippen LogP contribution in [0, 0.1) is 0 Å². The number of carbonyl (C=O) groups is 1. The molecule has 7 heteroatoms. The zero-order chi connectivity index (χ0) is 20.6. The fourth-order valence-electron chi connectivity index (χ4n) is 3.28. The van der Waals surface area contributed by atoms with Crippen LogP contribution in [0.1, 0.15) is 5.56 Å². The van der Waals surface area contributed by atoms with E-state index >= 15 is 0 Å². The molecule has 1 N–H and O–H groups in total. The number of hydrogen-bond acceptors (Lipinski definition) is 3. The maximum atomic E-state index is 12.5. The number of amides is 1. The lowest BCUT2D eigenvalue weighted by molar-refractivity contribution is -0.119. The third-order valence-corrected chi connectivity index (χ3v) is 5.79. The predicted molar refractivity (Wildman–Crippen MR) is 124 cm³/mol. The highest BCUT2D eigenvalue weighted by atomic mass is 35.5. The van der Waals surface area contributed by atoms with Gasteiger partial charge in [0.15, 0.2) is 5.11 Å². The van der Waals surface area contributed by atoms with Crippen LogP contribution in [0.25, 0.3) is 0 Å². The molecule has 2 aromatic rings. The topological polar surface area (TPSA) is 38.8 Å². The summed E-state index contributed by atoms with van der Waals surface area (Å²) in [5.41, 5.74) is 2.15. The largest absolute Gasteiger partial charge is 0.362 e. The Balaban J connectivity index is 1.37. The lowest BCUT2D eigenvalue weighted by Crippen LogP contribution is -2.53. The second-order valence-electron chi connectivity index (χ2n) is 7.16. The van der Waals surface area contributed by atoms with E-state index in [0.717, 1.165) is 55.0 Å². The number of nitrogens with zero attached hydrogens (tertiary/aromatic N) is 3. The molecule has 0 atom stereocenters. The van der Waals surface area contributed by atoms with Gasteiger partial charge in [-0.25, -0.2) is 0 Å². The second kappa shape index (κ2) is 10.6. The van der Waals surface area contributed by atoms with E-state index in [2.05, 4.69) is 15.1 Å². The number of likely N-dealkylation sites (N-methyl/N-ethyl adjacent to an activating group) is 1. The number of thiocarbonyl (C=S) groups is 1. The molecule has 0 saturated carbocycles. The van der Waals surface area contributed by atoms with E-state index in [1.807, 2.05) is 61.6 Å². The Morgan fingerprint density at radius 3 is 2.38 bits per heavy atom. The van der Waals surface area contributed by atoms with Gasteiger partial charge in [-0.2, -0.15) is 0 Å². The number of benzene rings is 2. The Morgan fingerprint density at radius 1 is 1.07 bits per heavy atom. The average Bonchev–Trinajstić information content (AvgIpc) is 2.75. The van der Waals surface area contributed by atoms with Crippen LogP contribution < -0.4 is 10.2 Å². The summed E-state index contributed by atoms with van der Waals surface area (Å²) < 4.78 is 0. The van der Waals surface area contributed by atoms with Crippen LogP contribution in [0.5, 0.6) is 0 Å². The van der Waals surface area contributed by atoms with E-state index in [4.69, 9.17) is 23.8 Å². The van der Waals surface area contributed by atoms with Crippen molar-refractivity contribution < 1.29 is 4.79 Å². The maximum Gasteiger partial charge on any atom is 0.240 e. The summed E-state index contributed by atoms with van der Waals surface area (Å²) in [6, 6.07) is 17.6. The molecule has 29 heavy (non-hydrogen) atoms. The lowest BCUT2D eigenvalue weighted by Gasteiger charge is -2.36. The van der Waals surface area contributed by atoms with Gasteiger partial charge in [0, 0.05) is 50.5 Å². The van der Waals surface area contributed by atoms with Crippen molar-refractivity contribution in [2.45, 2.75) is 6.42 Å². The molecule has 1 fully saturated rings. The molecule has 0 aliphatic carbocycles. The number of rotatable bonds is 6. The molecule has 0 radical (unpaired) electrons. The first-order chi connectivity index (χ1) is 14.0. The third-order valence-electron chi connectivity index (χ3n) is 5.14. The summed E-state index contributed by atoms with van der Waals surface area (Å²) in [7, 11) is 1.83. The highest BCUT2D eigenvalue weighted by Gasteiger charge is 2.22. The Hall–Kier alpha value is -2.15. The van der Waals surface area contributed by atoms with Gasteiger partial charge in [-0.1, -0.05) is 41.9 Å². The van der Waals surface area contributed by atoms with Gasteiger partial charge in [-0.05, 0) is 48.5 Å². The molecule has 2 aromatic carbocycles. The molecule has 1 amide bonds. The molecule has 3 rings (SSSR count). The number of hydrogen-bond donors (Lipinski definition) is 1. The van der Waals surface area contributed by atoms with E-state index < -0.39 is 0 Å². The smallest absolute Gasteiger partial charge is 0.240 e. The number of nitrogens with one attached hydrogen (secondary N) is 1. The zero-order valence-electron chi connectivity index (χ0n) is 16.7. The zero-order valence-corrected chi connectivity index (χ0v) is 18.3. The minimum absolute atomic E-state index is 0.105. The number of anilines is 1. The van der Waals surface area contributed by atoms with Crippen molar-refractivity contribution in [3.05, 3.63) is 65.2 Å². The number of piperazine rings is 1. The molecule has 1 aliphatic rings. The van der Waals surface area contributed by atoms with Gasteiger partial charge < -0.3 is 15.1 Å². The molecule has 0 spiro atoms. The van der Waals surface area contributed by atoms with E-state index in [0.29, 0.717) is 6.54 Å². The molecular formula is C22H27ClN4OS. The van der Waals surface area contributed by atoms with Crippen LogP contribution in [0.3, 0.4) is 0 Å². The summed E-state index contributed by atoms with van der Waals surface area (Å²) in [4.78, 5) is 18.6. The van der Waals surface area contributed by atoms with E-state index in [1.54, 1.807) is 4.90 Å². The van der Waals surface area contributed by atoms with Crippen molar-refractivity contribution in [3.8, 4) is 0 Å². The van der Waals surface area contributed by atoms with Gasteiger partial charge in [-0.3, -0.25) is 9.69 Å². The fourth-order valence-corrected chi connectivity index (χ4v) is 3.69. The van der Waals surface area contributed by atoms with Crippen LogP contribution >= 0.6 is 23.8 Å². The molecule has 1 saturated heterocycles. The first-order valence-corrected chi connectivity index (χ1v) is 10.6. The highest BCUT2D eigenvalue weighted by Crippen LogP contribution is 2.12. The lowest BCUT2D eigenvalue weighted by atomic mass is 10.1. The number of para-hydroxylation sites is 1. The molecule has 0 unspecified atom stereocenters. The molecular weight excluding hydrogens is 404 g/mol. The van der Waals surface area contributed by atoms with Gasteiger partial charge in [0.05, 0.1) is 6.54 Å². The normalized spacial score (nSPS) is 14.5. The molecule has 154 valence electrons. The predicted octanol–water partition coefficient (Wildman–Crippen LogP) is 3.04. The van der Waals surface area contributed by atoms with Gasteiger partial charge in [0.2, 0.25) is 5.91 Å². The van der Waals surface area contributed by atoms with Crippen LogP contribution in [0.4, 0.5) is 5.69 Å². The SMILES string of the molecule is CN(C(=O)CN1CCN(C(=S)NCCc2ccc(Cl)cc2)CC1)c1ccccc1. The van der Waals surface area contributed by atoms with E-state index in [9.17, 15) is 4.79 Å². The van der Waals surface area contributed by atoms with Crippen molar-refractivity contribution in [1.29, 1.82) is 0 Å². The van der Waals surface area contributed by atoms with E-state index in [1.165, 1.54) is 5.56 Å². The number of halogens is 1. The molecule has 1 heterocycles. The molecule has 0 bridgehead atoms. The summed E-state index contributed by atoms with van der Waals surface area (Å²) in [5, 5.41) is 4.88. The maximum absolute atomic E-state index is 12.5. The van der Waals surface area contributed by atoms with E-state index in [-0.39, 0.29) is 5.91 Å². The van der Waals surface area contributed by atoms with Crippen LogP contribution in [-0.2, 0) is 11.2 Å². The Labute approximate surface area is 183 Å². The Kier molecular flexibility index (Phi) is 7.86. The molecule has 5 nitrogen and oxygen atoms in total. The highest BCUT2D eigenvalue weighted by molar-refractivity contribution is 7.80. The van der Waals surface area contributed by atoms with Crippen molar-refractivity contribution in [2.24, 2.45) is 0 Å². The fraction of sp³-hybridized carbons (Fsp3) is 0.364. The van der Waals surface area contributed by atoms with Gasteiger partial charge in [0.1, 0.15) is 0 Å². The van der Waals surface area contributed by atoms with Crippen molar-refractivity contribution in [1.82, 2.24) is 15.1 Å². The molecule has 1 aliphatic heterocycles. The molecule has 0 aromatic heterocycles. The van der Waals surface area contributed by atoms with Crippen molar-refractivity contribution in [3.63, 3.8) is 0 Å². The van der Waals surface area contributed by atoms with Gasteiger partial charge in [0.25, 0.3) is 0 Å². The quantitative estimate of drug-likeness (QED) is 0.713. The minimum atomic E-state index is 0.105. The van der Waals surface area contributed by atoms with Gasteiger partial charge >= 0.3 is 0 Å². The first kappa shape index (κ1) is 21.6. The second-order valence-corrected chi connectivity index (χ2v) is 7.98. The third kappa shape index (κ3) is 6.42. The van der Waals surface area contributed by atoms with Gasteiger partial charge in [-0.15, -0.1) is 0 Å². The van der Waals surface area contributed by atoms with Crippen molar-refractivity contribution >= 4 is 40.5 Å². The summed E-state index contributed by atoms with van der Waals surface area (Å²) >= 11 is 11.5. The van der Waals surface area contributed by atoms with Crippen LogP contribution in [0.2, 0.25) is 5.02 Å². The monoisotopic (exact) mass is 430 g/mol. The summed E-state index contributed by atoms with van der Waals surface area (Å²) in [6.45, 7) is 4.53. The minimum Gasteiger partial charge on any atom is -0.362 e. The number of carbonyl (C=O) groups excluding carboxylic acids is 1. The summed E-state index contributed by atoms with van der Waals surface area (Å²) in [6.07, 6.45) is 0.900. The standard InChI is InChI=1S/C22H27ClN4OS/c1-25(20-5-3-2-4-6-20)21(28)17-26-13-15-27(16-14-26)22(29)24-12-11-18-7-9-19(23)10-8-18/h2-10H,11-17H2,1H3,(H,24,29). The first-order valence-electron chi connectivity index (χ1n) is 9.84. The average molecular weight is 431 g/mol.